The van der Waals surface area contributed by atoms with Crippen LogP contribution in [0, 0.1) is 6.92 Å². The molecule has 0 aliphatic carbocycles. The number of halogens is 1. The van der Waals surface area contributed by atoms with Crippen molar-refractivity contribution in [1.82, 2.24) is 0 Å². The van der Waals surface area contributed by atoms with Crippen molar-refractivity contribution >= 4 is 17.4 Å². The summed E-state index contributed by atoms with van der Waals surface area (Å²) in [6.45, 7) is 1.95. The average molecular weight is 183 g/mol. The van der Waals surface area contributed by atoms with Crippen molar-refractivity contribution in [2.24, 2.45) is 10.7 Å². The second kappa shape index (κ2) is 3.59. The molecule has 1 rings (SSSR count). The quantitative estimate of drug-likeness (QED) is 0.524. The van der Waals surface area contributed by atoms with Gasteiger partial charge in [-0.25, -0.2) is 0 Å². The van der Waals surface area contributed by atoms with Gasteiger partial charge in [-0.3, -0.25) is 4.99 Å². The lowest BCUT2D eigenvalue weighted by Crippen LogP contribution is -2.12. The summed E-state index contributed by atoms with van der Waals surface area (Å²) in [6, 6.07) is 5.65. The maximum absolute atomic E-state index is 5.90. The molecule has 64 valence electrons. The van der Waals surface area contributed by atoms with Crippen LogP contribution in [0.5, 0.6) is 0 Å². The van der Waals surface area contributed by atoms with Crippen LogP contribution < -0.4 is 5.73 Å². The Labute approximate surface area is 77.1 Å². The highest BCUT2D eigenvalue weighted by Gasteiger charge is 1.99. The van der Waals surface area contributed by atoms with Crippen LogP contribution in [-0.4, -0.2) is 12.9 Å². The third-order valence-corrected chi connectivity index (χ3v) is 2.12. The number of benzene rings is 1. The molecule has 0 aromatic heterocycles. The van der Waals surface area contributed by atoms with Crippen molar-refractivity contribution in [3.8, 4) is 0 Å². The molecule has 0 aliphatic rings. The van der Waals surface area contributed by atoms with Crippen LogP contribution in [0.4, 0.5) is 0 Å². The predicted molar refractivity (Wildman–Crippen MR) is 52.8 cm³/mol. The van der Waals surface area contributed by atoms with Crippen molar-refractivity contribution in [2.75, 3.05) is 7.05 Å². The number of hydrogen-bond acceptors (Lipinski definition) is 1. The topological polar surface area (TPSA) is 38.4 Å². The Morgan fingerprint density at radius 3 is 2.67 bits per heavy atom. The molecule has 3 heteroatoms. The highest BCUT2D eigenvalue weighted by atomic mass is 35.5. The number of aryl methyl sites for hydroxylation is 1. The van der Waals surface area contributed by atoms with Gasteiger partial charge in [0.1, 0.15) is 5.84 Å². The van der Waals surface area contributed by atoms with E-state index in [0.29, 0.717) is 5.84 Å². The fourth-order valence-corrected chi connectivity index (χ4v) is 1.06. The summed E-state index contributed by atoms with van der Waals surface area (Å²) >= 11 is 5.90. The third kappa shape index (κ3) is 1.77. The van der Waals surface area contributed by atoms with Crippen LogP contribution in [-0.2, 0) is 0 Å². The molecule has 2 N–H and O–H groups in total. The number of hydrogen-bond donors (Lipinski definition) is 1. The van der Waals surface area contributed by atoms with Crippen molar-refractivity contribution < 1.29 is 0 Å². The summed E-state index contributed by atoms with van der Waals surface area (Å²) in [7, 11) is 1.66. The van der Waals surface area contributed by atoms with Crippen LogP contribution in [0.15, 0.2) is 23.2 Å². The van der Waals surface area contributed by atoms with Gasteiger partial charge in [0.2, 0.25) is 0 Å². The van der Waals surface area contributed by atoms with Crippen molar-refractivity contribution in [1.29, 1.82) is 0 Å². The molecule has 12 heavy (non-hydrogen) atoms. The molecule has 0 saturated heterocycles. The van der Waals surface area contributed by atoms with E-state index in [0.717, 1.165) is 16.1 Å². The monoisotopic (exact) mass is 182 g/mol. The molecular weight excluding hydrogens is 172 g/mol. The molecule has 1 aromatic rings. The van der Waals surface area contributed by atoms with Gasteiger partial charge in [0.15, 0.2) is 0 Å². The van der Waals surface area contributed by atoms with Crippen molar-refractivity contribution in [2.45, 2.75) is 6.92 Å². The van der Waals surface area contributed by atoms with Gasteiger partial charge in [0.25, 0.3) is 0 Å². The molecule has 0 bridgehead atoms. The van der Waals surface area contributed by atoms with E-state index in [2.05, 4.69) is 4.99 Å². The molecular formula is C9H11ClN2. The lowest BCUT2D eigenvalue weighted by atomic mass is 10.1. The average Bonchev–Trinajstić information content (AvgIpc) is 2.08. The van der Waals surface area contributed by atoms with Crippen LogP contribution >= 0.6 is 11.6 Å². The largest absolute Gasteiger partial charge is 0.384 e. The number of nitrogens with two attached hydrogens (primary N) is 1. The molecule has 2 nitrogen and oxygen atoms in total. The number of amidine groups is 1. The first-order valence-electron chi connectivity index (χ1n) is 3.64. The molecule has 0 atom stereocenters. The Bertz CT molecular complexity index is 318. The third-order valence-electron chi connectivity index (χ3n) is 1.71. The minimum absolute atomic E-state index is 0.511. The predicted octanol–water partition coefficient (Wildman–Crippen LogP) is 1.98. The summed E-state index contributed by atoms with van der Waals surface area (Å²) in [4.78, 5) is 3.87. The second-order valence-electron chi connectivity index (χ2n) is 2.57. The molecule has 0 radical (unpaired) electrons. The molecule has 0 fully saturated rings. The van der Waals surface area contributed by atoms with Gasteiger partial charge in [-0.1, -0.05) is 23.7 Å². The highest BCUT2D eigenvalue weighted by Crippen LogP contribution is 2.16. The summed E-state index contributed by atoms with van der Waals surface area (Å²) < 4.78 is 0. The molecule has 0 unspecified atom stereocenters. The second-order valence-corrected chi connectivity index (χ2v) is 2.98. The Balaban J connectivity index is 3.13. The molecule has 0 aliphatic heterocycles. The zero-order valence-electron chi connectivity index (χ0n) is 7.13. The van der Waals surface area contributed by atoms with Gasteiger partial charge >= 0.3 is 0 Å². The Morgan fingerprint density at radius 1 is 1.50 bits per heavy atom. The maximum Gasteiger partial charge on any atom is 0.125 e. The first kappa shape index (κ1) is 9.07. The first-order valence-corrected chi connectivity index (χ1v) is 4.01. The SMILES string of the molecule is CN=C(N)c1ccc(C)c(Cl)c1. The Hall–Kier alpha value is -1.02. The van der Waals surface area contributed by atoms with E-state index in [1.807, 2.05) is 25.1 Å². The van der Waals surface area contributed by atoms with Crippen molar-refractivity contribution in [3.05, 3.63) is 34.3 Å². The van der Waals surface area contributed by atoms with E-state index < -0.39 is 0 Å². The van der Waals surface area contributed by atoms with Crippen LogP contribution in [0.2, 0.25) is 5.02 Å². The zero-order valence-corrected chi connectivity index (χ0v) is 7.89. The lowest BCUT2D eigenvalue weighted by Gasteiger charge is -2.01. The minimum atomic E-state index is 0.511. The van der Waals surface area contributed by atoms with E-state index in [1.54, 1.807) is 7.05 Å². The molecule has 1 aromatic carbocycles. The summed E-state index contributed by atoms with van der Waals surface area (Å²) in [6.07, 6.45) is 0. The smallest absolute Gasteiger partial charge is 0.125 e. The van der Waals surface area contributed by atoms with E-state index in [9.17, 15) is 0 Å². The van der Waals surface area contributed by atoms with Crippen LogP contribution in [0.3, 0.4) is 0 Å². The van der Waals surface area contributed by atoms with Crippen LogP contribution in [0.25, 0.3) is 0 Å². The van der Waals surface area contributed by atoms with Crippen LogP contribution in [0.1, 0.15) is 11.1 Å². The lowest BCUT2D eigenvalue weighted by molar-refractivity contribution is 1.38. The summed E-state index contributed by atoms with van der Waals surface area (Å²) in [5.74, 6) is 0.511. The summed E-state index contributed by atoms with van der Waals surface area (Å²) in [5, 5.41) is 0.721. The number of rotatable bonds is 1. The first-order chi connectivity index (χ1) is 5.65. The zero-order chi connectivity index (χ0) is 9.14. The van der Waals surface area contributed by atoms with Gasteiger partial charge in [0.05, 0.1) is 0 Å². The van der Waals surface area contributed by atoms with E-state index >= 15 is 0 Å². The highest BCUT2D eigenvalue weighted by molar-refractivity contribution is 6.31. The summed E-state index contributed by atoms with van der Waals surface area (Å²) in [5.41, 5.74) is 7.52. The van der Waals surface area contributed by atoms with E-state index in [-0.39, 0.29) is 0 Å². The standard InChI is InChI=1S/C9H11ClN2/c1-6-3-4-7(5-8(6)10)9(11)12-2/h3-5H,1-2H3,(H2,11,12). The Kier molecular flexibility index (Phi) is 2.71. The van der Waals surface area contributed by atoms with Crippen molar-refractivity contribution in [3.63, 3.8) is 0 Å². The van der Waals surface area contributed by atoms with Gasteiger partial charge in [-0.05, 0) is 18.6 Å². The van der Waals surface area contributed by atoms with Gasteiger partial charge in [-0.2, -0.15) is 0 Å². The molecule has 0 amide bonds. The Morgan fingerprint density at radius 2 is 2.17 bits per heavy atom. The molecule has 0 spiro atoms. The fraction of sp³-hybridized carbons (Fsp3) is 0.222. The molecule has 0 heterocycles. The van der Waals surface area contributed by atoms with Gasteiger partial charge in [-0.15, -0.1) is 0 Å². The normalized spacial score (nSPS) is 11.8. The van der Waals surface area contributed by atoms with E-state index in [1.165, 1.54) is 0 Å². The fourth-order valence-electron chi connectivity index (χ4n) is 0.881. The van der Waals surface area contributed by atoms with E-state index in [4.69, 9.17) is 17.3 Å². The number of nitrogens with zero attached hydrogens (tertiary/aromatic N) is 1. The minimum Gasteiger partial charge on any atom is -0.384 e. The maximum atomic E-state index is 5.90. The number of aliphatic imine (C=N–C) groups is 1. The molecule has 0 saturated carbocycles. The van der Waals surface area contributed by atoms with Gasteiger partial charge < -0.3 is 5.73 Å². The van der Waals surface area contributed by atoms with Gasteiger partial charge in [0, 0.05) is 17.6 Å².